The monoisotopic (exact) mass is 313 g/mol. The van der Waals surface area contributed by atoms with E-state index in [0.717, 1.165) is 30.9 Å². The Morgan fingerprint density at radius 2 is 2.05 bits per heavy atom. The first-order valence-electron chi connectivity index (χ1n) is 8.16. The third kappa shape index (κ3) is 4.49. The van der Waals surface area contributed by atoms with Gasteiger partial charge < -0.3 is 5.32 Å². The lowest BCUT2D eigenvalue weighted by Crippen LogP contribution is -2.19. The van der Waals surface area contributed by atoms with Crippen LogP contribution in [-0.2, 0) is 6.42 Å². The van der Waals surface area contributed by atoms with Crippen LogP contribution in [-0.4, -0.2) is 23.1 Å². The van der Waals surface area contributed by atoms with Crippen LogP contribution in [0.4, 0.5) is 0 Å². The Bertz CT molecular complexity index is 604. The summed E-state index contributed by atoms with van der Waals surface area (Å²) in [6, 6.07) is 5.94. The van der Waals surface area contributed by atoms with E-state index in [1.807, 2.05) is 24.4 Å². The summed E-state index contributed by atoms with van der Waals surface area (Å²) in [6.45, 7) is 2.09. The molecule has 116 valence electrons. The summed E-state index contributed by atoms with van der Waals surface area (Å²) in [5.41, 5.74) is 3.60. The summed E-state index contributed by atoms with van der Waals surface area (Å²) in [6.07, 6.45) is 11.8. The quantitative estimate of drug-likeness (QED) is 0.614. The molecule has 0 saturated carbocycles. The summed E-state index contributed by atoms with van der Waals surface area (Å²) >= 11 is 1.73. The largest absolute Gasteiger partial charge is 0.316 e. The minimum absolute atomic E-state index is 0.960. The smallest absolute Gasteiger partial charge is 0.0998 e. The normalized spacial score (nSPS) is 14.8. The molecule has 2 heterocycles. The number of thiazole rings is 1. The average Bonchev–Trinajstić information content (AvgIpc) is 3.05. The fourth-order valence-corrected chi connectivity index (χ4v) is 3.55. The maximum Gasteiger partial charge on any atom is 0.0998 e. The van der Waals surface area contributed by atoms with E-state index in [4.69, 9.17) is 0 Å². The van der Waals surface area contributed by atoms with Crippen molar-refractivity contribution in [2.45, 2.75) is 38.5 Å². The predicted molar refractivity (Wildman–Crippen MR) is 93.1 cm³/mol. The molecule has 0 atom stereocenters. The van der Waals surface area contributed by atoms with Gasteiger partial charge in [-0.1, -0.05) is 17.7 Å². The third-order valence-electron chi connectivity index (χ3n) is 4.00. The van der Waals surface area contributed by atoms with Gasteiger partial charge in [0.05, 0.1) is 16.4 Å². The van der Waals surface area contributed by atoms with E-state index in [0.29, 0.717) is 0 Å². The zero-order valence-electron chi connectivity index (χ0n) is 12.9. The van der Waals surface area contributed by atoms with E-state index in [2.05, 4.69) is 26.7 Å². The van der Waals surface area contributed by atoms with Gasteiger partial charge in [0, 0.05) is 24.5 Å². The zero-order chi connectivity index (χ0) is 15.0. The standard InChI is InChI=1S/C18H23N3S/c1-2-6-15(7-3-1)9-12-19-13-10-18-21-17(14-22-18)16-8-4-5-11-20-16/h4-6,8,11,14,19H,1-3,7,9-10,12-13H2. The van der Waals surface area contributed by atoms with Crippen LogP contribution in [0, 0.1) is 0 Å². The highest BCUT2D eigenvalue weighted by Crippen LogP contribution is 2.20. The molecule has 0 aliphatic heterocycles. The van der Waals surface area contributed by atoms with Crippen molar-refractivity contribution in [3.05, 3.63) is 46.4 Å². The zero-order valence-corrected chi connectivity index (χ0v) is 13.7. The van der Waals surface area contributed by atoms with Gasteiger partial charge in [0.1, 0.15) is 0 Å². The first-order chi connectivity index (χ1) is 10.9. The molecule has 0 saturated heterocycles. The van der Waals surface area contributed by atoms with Crippen molar-refractivity contribution in [1.29, 1.82) is 0 Å². The van der Waals surface area contributed by atoms with Gasteiger partial charge in [-0.3, -0.25) is 4.98 Å². The van der Waals surface area contributed by atoms with Gasteiger partial charge in [-0.25, -0.2) is 4.98 Å². The summed E-state index contributed by atoms with van der Waals surface area (Å²) in [5.74, 6) is 0. The number of nitrogens with one attached hydrogen (secondary N) is 1. The minimum atomic E-state index is 0.960. The number of hydrogen-bond acceptors (Lipinski definition) is 4. The third-order valence-corrected chi connectivity index (χ3v) is 4.91. The lowest BCUT2D eigenvalue weighted by Gasteiger charge is -2.12. The Morgan fingerprint density at radius 1 is 1.09 bits per heavy atom. The van der Waals surface area contributed by atoms with Crippen LogP contribution in [0.1, 0.15) is 37.1 Å². The fourth-order valence-electron chi connectivity index (χ4n) is 2.76. The van der Waals surface area contributed by atoms with E-state index in [-0.39, 0.29) is 0 Å². The highest BCUT2D eigenvalue weighted by atomic mass is 32.1. The van der Waals surface area contributed by atoms with Crippen molar-refractivity contribution in [2.24, 2.45) is 0 Å². The summed E-state index contributed by atoms with van der Waals surface area (Å²) < 4.78 is 0. The van der Waals surface area contributed by atoms with Gasteiger partial charge in [0.2, 0.25) is 0 Å². The van der Waals surface area contributed by atoms with Crippen LogP contribution < -0.4 is 5.32 Å². The Hall–Kier alpha value is -1.52. The second kappa shape index (κ2) is 8.20. The van der Waals surface area contributed by atoms with Crippen LogP contribution >= 0.6 is 11.3 Å². The topological polar surface area (TPSA) is 37.8 Å². The predicted octanol–water partition coefficient (Wildman–Crippen LogP) is 4.23. The molecule has 1 aliphatic rings. The van der Waals surface area contributed by atoms with Crippen LogP contribution in [0.15, 0.2) is 41.4 Å². The first-order valence-corrected chi connectivity index (χ1v) is 9.04. The van der Waals surface area contributed by atoms with Crippen molar-refractivity contribution in [3.63, 3.8) is 0 Å². The molecule has 0 amide bonds. The number of rotatable bonds is 7. The molecule has 22 heavy (non-hydrogen) atoms. The Morgan fingerprint density at radius 3 is 2.86 bits per heavy atom. The van der Waals surface area contributed by atoms with Crippen LogP contribution in [0.2, 0.25) is 0 Å². The van der Waals surface area contributed by atoms with Crippen LogP contribution in [0.25, 0.3) is 11.4 Å². The molecule has 1 aliphatic carbocycles. The van der Waals surface area contributed by atoms with E-state index < -0.39 is 0 Å². The van der Waals surface area contributed by atoms with Gasteiger partial charge >= 0.3 is 0 Å². The van der Waals surface area contributed by atoms with Crippen molar-refractivity contribution < 1.29 is 0 Å². The van der Waals surface area contributed by atoms with Crippen molar-refractivity contribution in [2.75, 3.05) is 13.1 Å². The highest BCUT2D eigenvalue weighted by Gasteiger charge is 2.06. The van der Waals surface area contributed by atoms with Crippen molar-refractivity contribution >= 4 is 11.3 Å². The highest BCUT2D eigenvalue weighted by molar-refractivity contribution is 7.09. The van der Waals surface area contributed by atoms with E-state index >= 15 is 0 Å². The summed E-state index contributed by atoms with van der Waals surface area (Å²) in [5, 5.41) is 6.83. The molecule has 0 fully saturated rings. The molecule has 3 rings (SSSR count). The van der Waals surface area contributed by atoms with Crippen molar-refractivity contribution in [1.82, 2.24) is 15.3 Å². The summed E-state index contributed by atoms with van der Waals surface area (Å²) in [7, 11) is 0. The van der Waals surface area contributed by atoms with Gasteiger partial charge in [0.15, 0.2) is 0 Å². The molecular formula is C18H23N3S. The van der Waals surface area contributed by atoms with Gasteiger partial charge in [-0.05, 0) is 50.8 Å². The van der Waals surface area contributed by atoms with Gasteiger partial charge in [-0.15, -0.1) is 11.3 Å². The number of pyridine rings is 1. The first kappa shape index (κ1) is 15.4. The molecule has 0 aromatic carbocycles. The summed E-state index contributed by atoms with van der Waals surface area (Å²) in [4.78, 5) is 9.02. The number of nitrogens with zero attached hydrogens (tertiary/aromatic N) is 2. The Labute approximate surface area is 136 Å². The molecular weight excluding hydrogens is 290 g/mol. The molecule has 0 radical (unpaired) electrons. The molecule has 1 N–H and O–H groups in total. The molecule has 0 unspecified atom stereocenters. The SMILES string of the molecule is C1=C(CCNCCc2nc(-c3ccccn3)cs2)CCCC1. The van der Waals surface area contributed by atoms with Gasteiger partial charge in [-0.2, -0.15) is 0 Å². The Kier molecular flexibility index (Phi) is 5.73. The second-order valence-corrected chi connectivity index (χ2v) is 6.64. The van der Waals surface area contributed by atoms with E-state index in [9.17, 15) is 0 Å². The van der Waals surface area contributed by atoms with Crippen molar-refractivity contribution in [3.8, 4) is 11.4 Å². The molecule has 3 nitrogen and oxygen atoms in total. The molecule has 2 aromatic rings. The average molecular weight is 313 g/mol. The molecule has 0 spiro atoms. The minimum Gasteiger partial charge on any atom is -0.316 e. The van der Waals surface area contributed by atoms with Gasteiger partial charge in [0.25, 0.3) is 0 Å². The number of allylic oxidation sites excluding steroid dienone is 1. The van der Waals surface area contributed by atoms with E-state index in [1.165, 1.54) is 37.1 Å². The number of hydrogen-bond donors (Lipinski definition) is 1. The lowest BCUT2D eigenvalue weighted by atomic mass is 9.97. The van der Waals surface area contributed by atoms with Crippen LogP contribution in [0.3, 0.4) is 0 Å². The molecule has 4 heteroatoms. The maximum absolute atomic E-state index is 4.67. The lowest BCUT2D eigenvalue weighted by molar-refractivity contribution is 0.631. The maximum atomic E-state index is 4.67. The Balaban J connectivity index is 1.39. The fraction of sp³-hybridized carbons (Fsp3) is 0.444. The molecule has 0 bridgehead atoms. The molecule has 2 aromatic heterocycles. The van der Waals surface area contributed by atoms with E-state index in [1.54, 1.807) is 16.9 Å². The number of aromatic nitrogens is 2. The second-order valence-electron chi connectivity index (χ2n) is 5.70. The van der Waals surface area contributed by atoms with Crippen LogP contribution in [0.5, 0.6) is 0 Å².